The first-order valence-corrected chi connectivity index (χ1v) is 9.69. The number of esters is 1. The van der Waals surface area contributed by atoms with Crippen LogP contribution in [0.4, 0.5) is 0 Å². The molecule has 1 N–H and O–H groups in total. The van der Waals surface area contributed by atoms with Gasteiger partial charge in [0.15, 0.2) is 5.96 Å². The van der Waals surface area contributed by atoms with Gasteiger partial charge in [0.25, 0.3) is 0 Å². The van der Waals surface area contributed by atoms with Gasteiger partial charge >= 0.3 is 5.97 Å². The minimum atomic E-state index is -0.0614. The van der Waals surface area contributed by atoms with E-state index in [0.29, 0.717) is 13.2 Å². The van der Waals surface area contributed by atoms with Gasteiger partial charge in [0.05, 0.1) is 29.8 Å². The average molecular weight is 353 g/mol. The third kappa shape index (κ3) is 5.19. The number of aromatic nitrogens is 1. The third-order valence-corrected chi connectivity index (χ3v) is 5.08. The molecule has 1 saturated heterocycles. The first kappa shape index (κ1) is 18.7. The predicted octanol–water partition coefficient (Wildman–Crippen LogP) is 2.45. The Morgan fingerprint density at radius 1 is 1.42 bits per heavy atom. The number of hydrogen-bond acceptors (Lipinski definition) is 5. The van der Waals surface area contributed by atoms with E-state index in [1.165, 1.54) is 0 Å². The second-order valence-corrected chi connectivity index (χ2v) is 6.71. The van der Waals surface area contributed by atoms with Gasteiger partial charge in [-0.25, -0.2) is 9.98 Å². The Hall–Kier alpha value is -1.63. The molecule has 7 heteroatoms. The Morgan fingerprint density at radius 2 is 2.17 bits per heavy atom. The van der Waals surface area contributed by atoms with E-state index >= 15 is 0 Å². The second-order valence-electron chi connectivity index (χ2n) is 5.77. The smallest absolute Gasteiger partial charge is 0.309 e. The van der Waals surface area contributed by atoms with Crippen molar-refractivity contribution >= 4 is 23.3 Å². The molecule has 1 aromatic heterocycles. The number of hydrogen-bond donors (Lipinski definition) is 1. The van der Waals surface area contributed by atoms with Crippen LogP contribution in [0, 0.1) is 5.92 Å². The Balaban J connectivity index is 1.93. The van der Waals surface area contributed by atoms with Crippen LogP contribution >= 0.6 is 11.3 Å². The van der Waals surface area contributed by atoms with Crippen LogP contribution in [0.15, 0.2) is 10.4 Å². The topological polar surface area (TPSA) is 66.8 Å². The molecule has 0 atom stereocenters. The highest BCUT2D eigenvalue weighted by Crippen LogP contribution is 2.19. The van der Waals surface area contributed by atoms with Crippen molar-refractivity contribution in [2.75, 3.05) is 26.2 Å². The van der Waals surface area contributed by atoms with Crippen molar-refractivity contribution in [2.45, 2.75) is 46.6 Å². The molecule has 1 fully saturated rings. The molecule has 0 aliphatic carbocycles. The van der Waals surface area contributed by atoms with Crippen molar-refractivity contribution in [1.29, 1.82) is 0 Å². The third-order valence-electron chi connectivity index (χ3n) is 4.04. The lowest BCUT2D eigenvalue weighted by molar-refractivity contribution is -0.149. The SMILES string of the molecule is CCNC(=NCc1csc(CC)n1)N1CCC(C(=O)OCC)CC1. The van der Waals surface area contributed by atoms with Gasteiger partial charge < -0.3 is 15.0 Å². The minimum Gasteiger partial charge on any atom is -0.466 e. The van der Waals surface area contributed by atoms with Crippen molar-refractivity contribution in [2.24, 2.45) is 10.9 Å². The molecule has 2 rings (SSSR count). The van der Waals surface area contributed by atoms with E-state index in [2.05, 4.69) is 34.4 Å². The highest BCUT2D eigenvalue weighted by molar-refractivity contribution is 7.09. The van der Waals surface area contributed by atoms with Crippen LogP contribution in [0.1, 0.15) is 44.3 Å². The molecule has 0 saturated carbocycles. The highest BCUT2D eigenvalue weighted by Gasteiger charge is 2.27. The molecular weight excluding hydrogens is 324 g/mol. The number of thiazole rings is 1. The van der Waals surface area contributed by atoms with Crippen LogP contribution in [0.2, 0.25) is 0 Å². The molecule has 1 aliphatic rings. The zero-order valence-corrected chi connectivity index (χ0v) is 15.7. The quantitative estimate of drug-likeness (QED) is 0.484. The molecule has 0 spiro atoms. The predicted molar refractivity (Wildman–Crippen MR) is 97.2 cm³/mol. The van der Waals surface area contributed by atoms with E-state index in [0.717, 1.165) is 55.6 Å². The molecule has 0 aromatic carbocycles. The van der Waals surface area contributed by atoms with Gasteiger partial charge in [-0.15, -0.1) is 11.3 Å². The molecule has 0 bridgehead atoms. The van der Waals surface area contributed by atoms with Crippen LogP contribution in [0.5, 0.6) is 0 Å². The highest BCUT2D eigenvalue weighted by atomic mass is 32.1. The Bertz CT molecular complexity index is 551. The number of rotatable bonds is 6. The fraction of sp³-hybridized carbons (Fsp3) is 0.706. The zero-order chi connectivity index (χ0) is 17.4. The molecule has 1 aliphatic heterocycles. The summed E-state index contributed by atoms with van der Waals surface area (Å²) in [5, 5.41) is 6.58. The van der Waals surface area contributed by atoms with E-state index in [4.69, 9.17) is 9.73 Å². The van der Waals surface area contributed by atoms with Crippen molar-refractivity contribution in [3.05, 3.63) is 16.1 Å². The maximum atomic E-state index is 11.8. The van der Waals surface area contributed by atoms with Crippen molar-refractivity contribution < 1.29 is 9.53 Å². The number of nitrogens with zero attached hydrogens (tertiary/aromatic N) is 3. The summed E-state index contributed by atoms with van der Waals surface area (Å²) in [6.07, 6.45) is 2.61. The maximum absolute atomic E-state index is 11.8. The summed E-state index contributed by atoms with van der Waals surface area (Å²) >= 11 is 1.69. The number of aryl methyl sites for hydroxylation is 1. The molecular formula is C17H28N4O2S. The van der Waals surface area contributed by atoms with Crippen LogP contribution in [0.3, 0.4) is 0 Å². The normalized spacial score (nSPS) is 16.3. The van der Waals surface area contributed by atoms with Gasteiger partial charge in [-0.3, -0.25) is 4.79 Å². The number of piperidine rings is 1. The lowest BCUT2D eigenvalue weighted by Gasteiger charge is -2.33. The van der Waals surface area contributed by atoms with Crippen LogP contribution < -0.4 is 5.32 Å². The summed E-state index contributed by atoms with van der Waals surface area (Å²) in [5.74, 6) is 0.870. The maximum Gasteiger partial charge on any atom is 0.309 e. The molecule has 0 radical (unpaired) electrons. The molecule has 6 nitrogen and oxygen atoms in total. The summed E-state index contributed by atoms with van der Waals surface area (Å²) in [6.45, 7) is 9.56. The molecule has 1 aromatic rings. The zero-order valence-electron chi connectivity index (χ0n) is 14.9. The number of guanidine groups is 1. The molecule has 24 heavy (non-hydrogen) atoms. The lowest BCUT2D eigenvalue weighted by Crippen LogP contribution is -2.46. The van der Waals surface area contributed by atoms with E-state index in [-0.39, 0.29) is 11.9 Å². The number of ether oxygens (including phenoxy) is 1. The van der Waals surface area contributed by atoms with Gasteiger partial charge in [-0.1, -0.05) is 6.92 Å². The van der Waals surface area contributed by atoms with Gasteiger partial charge in [0, 0.05) is 25.0 Å². The van der Waals surface area contributed by atoms with E-state index in [1.807, 2.05) is 6.92 Å². The molecule has 134 valence electrons. The van der Waals surface area contributed by atoms with E-state index in [1.54, 1.807) is 11.3 Å². The second kappa shape index (κ2) is 9.61. The minimum absolute atomic E-state index is 0.0229. The molecule has 0 amide bonds. The van der Waals surface area contributed by atoms with Crippen LogP contribution in [-0.2, 0) is 22.5 Å². The van der Waals surface area contributed by atoms with E-state index < -0.39 is 0 Å². The standard InChI is InChI=1S/C17H28N4O2S/c1-4-15-20-14(12-24-15)11-19-17(18-5-2)21-9-7-13(8-10-21)16(22)23-6-3/h12-13H,4-11H2,1-3H3,(H,18,19). The lowest BCUT2D eigenvalue weighted by atomic mass is 9.97. The molecule has 0 unspecified atom stereocenters. The summed E-state index contributed by atoms with van der Waals surface area (Å²) in [5.41, 5.74) is 1.02. The van der Waals surface area contributed by atoms with Crippen molar-refractivity contribution in [3.8, 4) is 0 Å². The number of nitrogens with one attached hydrogen (secondary N) is 1. The van der Waals surface area contributed by atoms with Crippen LogP contribution in [0.25, 0.3) is 0 Å². The number of carbonyl (C=O) groups excluding carboxylic acids is 1. The average Bonchev–Trinajstić information content (AvgIpc) is 3.07. The monoisotopic (exact) mass is 352 g/mol. The Morgan fingerprint density at radius 3 is 2.75 bits per heavy atom. The largest absolute Gasteiger partial charge is 0.466 e. The summed E-state index contributed by atoms with van der Waals surface area (Å²) in [4.78, 5) is 23.4. The van der Waals surface area contributed by atoms with Gasteiger partial charge in [-0.05, 0) is 33.1 Å². The fourth-order valence-corrected chi connectivity index (χ4v) is 3.49. The van der Waals surface area contributed by atoms with Gasteiger partial charge in [-0.2, -0.15) is 0 Å². The van der Waals surface area contributed by atoms with Crippen molar-refractivity contribution in [3.63, 3.8) is 0 Å². The first-order valence-electron chi connectivity index (χ1n) is 8.81. The number of aliphatic imine (C=N–C) groups is 1. The summed E-state index contributed by atoms with van der Waals surface area (Å²) in [7, 11) is 0. The fourth-order valence-electron chi connectivity index (χ4n) is 2.75. The van der Waals surface area contributed by atoms with Gasteiger partial charge in [0.2, 0.25) is 0 Å². The molecule has 2 heterocycles. The Kier molecular flexibility index (Phi) is 7.49. The Labute approximate surface area is 148 Å². The van der Waals surface area contributed by atoms with E-state index in [9.17, 15) is 4.79 Å². The number of likely N-dealkylation sites (tertiary alicyclic amines) is 1. The van der Waals surface area contributed by atoms with Gasteiger partial charge in [0.1, 0.15) is 0 Å². The summed E-state index contributed by atoms with van der Waals surface area (Å²) < 4.78 is 5.13. The summed E-state index contributed by atoms with van der Waals surface area (Å²) in [6, 6.07) is 0. The van der Waals surface area contributed by atoms with Crippen LogP contribution in [-0.4, -0.2) is 48.1 Å². The van der Waals surface area contributed by atoms with Crippen molar-refractivity contribution in [1.82, 2.24) is 15.2 Å². The number of carbonyl (C=O) groups is 1. The first-order chi connectivity index (χ1) is 11.7.